The molecule has 3 nitrogen and oxygen atoms in total. The number of hydrogen-bond acceptors (Lipinski definition) is 3. The van der Waals surface area contributed by atoms with Crippen LogP contribution < -0.4 is 10.6 Å². The Bertz CT molecular complexity index is 141. The topological polar surface area (TPSA) is 41.1 Å². The molecular formula is C7H14Cl2N2O. The molecule has 2 aliphatic heterocycles. The van der Waals surface area contributed by atoms with E-state index in [-0.39, 0.29) is 36.6 Å². The van der Waals surface area contributed by atoms with Crippen LogP contribution in [-0.2, 0) is 4.79 Å². The summed E-state index contributed by atoms with van der Waals surface area (Å²) in [5, 5.41) is 6.51. The Balaban J connectivity index is 0.000000605. The Morgan fingerprint density at radius 3 is 1.50 bits per heavy atom. The third kappa shape index (κ3) is 2.10. The van der Waals surface area contributed by atoms with E-state index in [2.05, 4.69) is 10.6 Å². The summed E-state index contributed by atoms with van der Waals surface area (Å²) in [5.41, 5.74) is 0. The van der Waals surface area contributed by atoms with Crippen LogP contribution in [0.1, 0.15) is 0 Å². The van der Waals surface area contributed by atoms with Crippen LogP contribution in [0.2, 0.25) is 0 Å². The zero-order chi connectivity index (χ0) is 6.97. The maximum atomic E-state index is 11.3. The standard InChI is InChI=1S/C7H12N2O.2ClH/c10-7-5-1-8-3-6(7)4-9-2-5;;/h5-6,8-9H,1-4H2;2*1H. The summed E-state index contributed by atoms with van der Waals surface area (Å²) in [5.74, 6) is 0.984. The quantitative estimate of drug-likeness (QED) is 0.587. The Kier molecular flexibility index (Phi) is 5.09. The molecule has 0 unspecified atom stereocenters. The molecule has 2 heterocycles. The van der Waals surface area contributed by atoms with Gasteiger partial charge in [-0.2, -0.15) is 0 Å². The number of ketones is 1. The lowest BCUT2D eigenvalue weighted by Crippen LogP contribution is -2.55. The summed E-state index contributed by atoms with van der Waals surface area (Å²) in [7, 11) is 0. The van der Waals surface area contributed by atoms with Gasteiger partial charge in [0.25, 0.3) is 0 Å². The van der Waals surface area contributed by atoms with Gasteiger partial charge in [0.15, 0.2) is 0 Å². The van der Waals surface area contributed by atoms with Crippen LogP contribution >= 0.6 is 24.8 Å². The van der Waals surface area contributed by atoms with Crippen LogP contribution in [0.15, 0.2) is 0 Å². The van der Waals surface area contributed by atoms with Gasteiger partial charge in [0.2, 0.25) is 0 Å². The van der Waals surface area contributed by atoms with Crippen LogP contribution in [0.3, 0.4) is 0 Å². The first kappa shape index (κ1) is 12.2. The van der Waals surface area contributed by atoms with Gasteiger partial charge >= 0.3 is 0 Å². The number of Topliss-reactive ketones (excluding diaryl/α,β-unsaturated/α-hetero) is 1. The van der Waals surface area contributed by atoms with Gasteiger partial charge in [-0.15, -0.1) is 24.8 Å². The molecule has 2 rings (SSSR count). The molecule has 0 amide bonds. The maximum absolute atomic E-state index is 11.3. The van der Waals surface area contributed by atoms with Gasteiger partial charge in [0, 0.05) is 38.0 Å². The van der Waals surface area contributed by atoms with Crippen molar-refractivity contribution in [3.05, 3.63) is 0 Å². The number of hydrogen-bond donors (Lipinski definition) is 2. The van der Waals surface area contributed by atoms with Gasteiger partial charge in [0.1, 0.15) is 5.78 Å². The van der Waals surface area contributed by atoms with Gasteiger partial charge in [-0.25, -0.2) is 0 Å². The molecule has 2 N–H and O–H groups in total. The second kappa shape index (κ2) is 5.02. The van der Waals surface area contributed by atoms with Crippen LogP contribution in [-0.4, -0.2) is 32.0 Å². The average Bonchev–Trinajstić information content (AvgIpc) is 1.86. The number of nitrogens with one attached hydrogen (secondary N) is 2. The summed E-state index contributed by atoms with van der Waals surface area (Å²) >= 11 is 0. The van der Waals surface area contributed by atoms with E-state index < -0.39 is 0 Å². The zero-order valence-electron chi connectivity index (χ0n) is 6.71. The first-order chi connectivity index (χ1) is 4.88. The van der Waals surface area contributed by atoms with Crippen LogP contribution in [0.25, 0.3) is 0 Å². The van der Waals surface area contributed by atoms with Gasteiger partial charge in [-0.1, -0.05) is 0 Å². The number of carbonyl (C=O) groups excluding carboxylic acids is 1. The van der Waals surface area contributed by atoms with Gasteiger partial charge in [-0.05, 0) is 0 Å². The molecule has 0 radical (unpaired) electrons. The molecule has 2 fully saturated rings. The number of fused-ring (bicyclic) bond motifs is 2. The van der Waals surface area contributed by atoms with Crippen molar-refractivity contribution in [3.8, 4) is 0 Å². The molecule has 0 saturated carbocycles. The van der Waals surface area contributed by atoms with E-state index in [1.165, 1.54) is 0 Å². The third-order valence-electron chi connectivity index (χ3n) is 2.37. The molecule has 72 valence electrons. The number of rotatable bonds is 0. The Morgan fingerprint density at radius 2 is 1.25 bits per heavy atom. The highest BCUT2D eigenvalue weighted by Crippen LogP contribution is 2.14. The monoisotopic (exact) mass is 212 g/mol. The lowest BCUT2D eigenvalue weighted by atomic mass is 9.86. The highest BCUT2D eigenvalue weighted by atomic mass is 35.5. The Hall–Kier alpha value is 0.170. The van der Waals surface area contributed by atoms with Gasteiger partial charge in [-0.3, -0.25) is 4.79 Å². The van der Waals surface area contributed by atoms with E-state index in [1.54, 1.807) is 0 Å². The van der Waals surface area contributed by atoms with Crippen molar-refractivity contribution >= 4 is 30.6 Å². The van der Waals surface area contributed by atoms with Crippen molar-refractivity contribution in [1.29, 1.82) is 0 Å². The summed E-state index contributed by atoms with van der Waals surface area (Å²) in [4.78, 5) is 11.3. The molecule has 5 heteroatoms. The number of carbonyl (C=O) groups is 1. The minimum absolute atomic E-state index is 0. The maximum Gasteiger partial charge on any atom is 0.144 e. The Morgan fingerprint density at radius 1 is 0.917 bits per heavy atom. The molecule has 0 aromatic carbocycles. The SMILES string of the molecule is Cl.Cl.O=C1C2CNCC1CNC2. The van der Waals surface area contributed by atoms with Crippen molar-refractivity contribution in [1.82, 2.24) is 10.6 Å². The molecule has 0 spiro atoms. The van der Waals surface area contributed by atoms with E-state index in [0.717, 1.165) is 26.2 Å². The largest absolute Gasteiger partial charge is 0.315 e. The lowest BCUT2D eigenvalue weighted by Gasteiger charge is -2.33. The lowest BCUT2D eigenvalue weighted by molar-refractivity contribution is -0.129. The van der Waals surface area contributed by atoms with Gasteiger partial charge < -0.3 is 10.6 Å². The summed E-state index contributed by atoms with van der Waals surface area (Å²) in [6, 6.07) is 0. The van der Waals surface area contributed by atoms with Crippen LogP contribution in [0, 0.1) is 11.8 Å². The predicted molar refractivity (Wildman–Crippen MR) is 52.2 cm³/mol. The molecule has 12 heavy (non-hydrogen) atoms. The van der Waals surface area contributed by atoms with E-state index in [1.807, 2.05) is 0 Å². The summed E-state index contributed by atoms with van der Waals surface area (Å²) < 4.78 is 0. The van der Waals surface area contributed by atoms with E-state index in [0.29, 0.717) is 5.78 Å². The molecule has 0 atom stereocenters. The fourth-order valence-electron chi connectivity index (χ4n) is 1.74. The van der Waals surface area contributed by atoms with E-state index in [4.69, 9.17) is 0 Å². The number of piperidine rings is 2. The molecule has 0 aliphatic carbocycles. The van der Waals surface area contributed by atoms with Crippen molar-refractivity contribution in [2.24, 2.45) is 11.8 Å². The van der Waals surface area contributed by atoms with Crippen molar-refractivity contribution in [2.75, 3.05) is 26.2 Å². The summed E-state index contributed by atoms with van der Waals surface area (Å²) in [6.45, 7) is 3.51. The molecule has 2 saturated heterocycles. The zero-order valence-corrected chi connectivity index (χ0v) is 8.34. The second-order valence-electron chi connectivity index (χ2n) is 3.11. The molecule has 0 aromatic rings. The molecular weight excluding hydrogens is 199 g/mol. The number of halogens is 2. The molecule has 2 aliphatic rings. The third-order valence-corrected chi connectivity index (χ3v) is 2.37. The van der Waals surface area contributed by atoms with Crippen LogP contribution in [0.4, 0.5) is 0 Å². The molecule has 2 bridgehead atoms. The second-order valence-corrected chi connectivity index (χ2v) is 3.11. The van der Waals surface area contributed by atoms with Crippen molar-refractivity contribution < 1.29 is 4.79 Å². The minimum atomic E-state index is 0. The Labute approximate surface area is 84.5 Å². The first-order valence-electron chi connectivity index (χ1n) is 3.83. The first-order valence-corrected chi connectivity index (χ1v) is 3.83. The van der Waals surface area contributed by atoms with Crippen molar-refractivity contribution in [2.45, 2.75) is 0 Å². The van der Waals surface area contributed by atoms with Crippen molar-refractivity contribution in [3.63, 3.8) is 0 Å². The van der Waals surface area contributed by atoms with Gasteiger partial charge in [0.05, 0.1) is 0 Å². The fraction of sp³-hybridized carbons (Fsp3) is 0.857. The summed E-state index contributed by atoms with van der Waals surface area (Å²) in [6.07, 6.45) is 0. The molecule has 0 aromatic heterocycles. The fourth-order valence-corrected chi connectivity index (χ4v) is 1.74. The smallest absolute Gasteiger partial charge is 0.144 e. The normalized spacial score (nSPS) is 33.2. The van der Waals surface area contributed by atoms with E-state index >= 15 is 0 Å². The average molecular weight is 213 g/mol. The minimum Gasteiger partial charge on any atom is -0.315 e. The predicted octanol–water partition coefficient (Wildman–Crippen LogP) is -0.162. The highest BCUT2D eigenvalue weighted by molar-refractivity contribution is 5.86. The van der Waals surface area contributed by atoms with Crippen LogP contribution in [0.5, 0.6) is 0 Å². The highest BCUT2D eigenvalue weighted by Gasteiger charge is 2.33. The van der Waals surface area contributed by atoms with E-state index in [9.17, 15) is 4.79 Å².